The molecule has 2 bridgehead atoms. The van der Waals surface area contributed by atoms with Crippen LogP contribution < -0.4 is 0 Å². The lowest BCUT2D eigenvalue weighted by Gasteiger charge is -2.45. The summed E-state index contributed by atoms with van der Waals surface area (Å²) in [4.78, 5) is 35.3. The van der Waals surface area contributed by atoms with Gasteiger partial charge in [-0.2, -0.15) is 0 Å². The highest BCUT2D eigenvalue weighted by Gasteiger charge is 2.44. The van der Waals surface area contributed by atoms with Crippen LogP contribution in [-0.4, -0.2) is 70.1 Å². The highest BCUT2D eigenvalue weighted by atomic mass is 16.5. The highest BCUT2D eigenvalue weighted by molar-refractivity contribution is 5.98. The fraction of sp³-hybridized carbons (Fsp3) is 0.447. The molecule has 4 aromatic rings. The summed E-state index contributed by atoms with van der Waals surface area (Å²) < 4.78 is 7.39. The highest BCUT2D eigenvalue weighted by Crippen LogP contribution is 2.45. The van der Waals surface area contributed by atoms with Gasteiger partial charge in [-0.15, -0.1) is 0 Å². The van der Waals surface area contributed by atoms with Gasteiger partial charge in [0, 0.05) is 36.8 Å². The third kappa shape index (κ3) is 5.56. The van der Waals surface area contributed by atoms with Crippen LogP contribution in [0.25, 0.3) is 11.0 Å². The number of hydrogen-bond donors (Lipinski definition) is 0. The zero-order chi connectivity index (χ0) is 31.1. The maximum atomic E-state index is 13.5. The molecule has 3 atom stereocenters. The van der Waals surface area contributed by atoms with Gasteiger partial charge in [0.1, 0.15) is 5.82 Å². The molecule has 3 saturated heterocycles. The number of ether oxygens (including phenoxy) is 1. The summed E-state index contributed by atoms with van der Waals surface area (Å²) in [5.74, 6) is 0.694. The van der Waals surface area contributed by atoms with E-state index in [0.29, 0.717) is 42.3 Å². The molecule has 7 nitrogen and oxygen atoms in total. The minimum Gasteiger partial charge on any atom is -0.465 e. The quantitative estimate of drug-likeness (QED) is 0.215. The summed E-state index contributed by atoms with van der Waals surface area (Å²) in [5.41, 5.74) is 6.02. The topological polar surface area (TPSA) is 67.7 Å². The standard InChI is InChI=1S/C38H44N4O3/c1-26-11-13-30(14-12-26)38(17-20-40(21-18-38)36(43)28-7-6-8-29(23-28)37(44)45-3)19-22-41-31-15-16-32(41)25-33(24-31)42-27(2)39-34-9-4-5-10-35(34)42/h4-14,23,31-33H,15-22,24-25H2,1-3H3/t31-,32+,33+. The number of likely N-dealkylation sites (tertiary alicyclic amines) is 1. The first-order valence-electron chi connectivity index (χ1n) is 16.6. The molecule has 0 radical (unpaired) electrons. The molecule has 7 rings (SSSR count). The number of piperidine rings is 2. The van der Waals surface area contributed by atoms with Crippen LogP contribution in [-0.2, 0) is 10.2 Å². The maximum absolute atomic E-state index is 13.5. The molecule has 0 unspecified atom stereocenters. The number of benzene rings is 3. The van der Waals surface area contributed by atoms with E-state index in [2.05, 4.69) is 71.8 Å². The smallest absolute Gasteiger partial charge is 0.337 e. The Hall–Kier alpha value is -3.97. The number of hydrogen-bond acceptors (Lipinski definition) is 5. The molecule has 0 saturated carbocycles. The van der Waals surface area contributed by atoms with Gasteiger partial charge in [0.25, 0.3) is 5.91 Å². The Morgan fingerprint density at radius 1 is 0.867 bits per heavy atom. The lowest BCUT2D eigenvalue weighted by molar-refractivity contribution is 0.0600. The number of aromatic nitrogens is 2. The number of imidazole rings is 1. The number of nitrogens with zero attached hydrogens (tertiary/aromatic N) is 4. The molecule has 4 heterocycles. The molecule has 234 valence electrons. The fourth-order valence-corrected chi connectivity index (χ4v) is 8.60. The number of carbonyl (C=O) groups is 2. The van der Waals surface area contributed by atoms with Gasteiger partial charge < -0.3 is 14.2 Å². The van der Waals surface area contributed by atoms with E-state index in [1.54, 1.807) is 24.3 Å². The predicted molar refractivity (Wildman–Crippen MR) is 177 cm³/mol. The van der Waals surface area contributed by atoms with Crippen LogP contribution in [0, 0.1) is 13.8 Å². The SMILES string of the molecule is COC(=O)c1cccc(C(=O)N2CCC(CCN3[C@@H]4CC[C@H]3C[C@@H](n3c(C)nc5ccccc53)C4)(c3ccc(C)cc3)CC2)c1. The Morgan fingerprint density at radius 2 is 1.56 bits per heavy atom. The van der Waals surface area contributed by atoms with Crippen molar-refractivity contribution in [2.45, 2.75) is 82.3 Å². The number of aryl methyl sites for hydroxylation is 2. The Bertz CT molecular complexity index is 1690. The van der Waals surface area contributed by atoms with E-state index in [1.165, 1.54) is 49.4 Å². The van der Waals surface area contributed by atoms with Gasteiger partial charge in [-0.3, -0.25) is 9.69 Å². The molecular formula is C38H44N4O3. The summed E-state index contributed by atoms with van der Waals surface area (Å²) in [6, 6.07) is 26.3. The zero-order valence-corrected chi connectivity index (χ0v) is 26.7. The van der Waals surface area contributed by atoms with E-state index in [9.17, 15) is 9.59 Å². The Morgan fingerprint density at radius 3 is 2.27 bits per heavy atom. The van der Waals surface area contributed by atoms with Gasteiger partial charge in [0.15, 0.2) is 0 Å². The van der Waals surface area contributed by atoms with E-state index in [4.69, 9.17) is 9.72 Å². The van der Waals surface area contributed by atoms with Crippen LogP contribution in [0.1, 0.15) is 88.7 Å². The van der Waals surface area contributed by atoms with Crippen LogP contribution in [0.3, 0.4) is 0 Å². The van der Waals surface area contributed by atoms with E-state index in [0.717, 1.165) is 37.1 Å². The van der Waals surface area contributed by atoms with Crippen LogP contribution in [0.4, 0.5) is 0 Å². The third-order valence-electron chi connectivity index (χ3n) is 11.0. The molecular weight excluding hydrogens is 560 g/mol. The predicted octanol–water partition coefficient (Wildman–Crippen LogP) is 6.87. The molecule has 3 aliphatic heterocycles. The summed E-state index contributed by atoms with van der Waals surface area (Å²) >= 11 is 0. The second kappa shape index (κ2) is 12.1. The first-order chi connectivity index (χ1) is 21.8. The molecule has 1 aromatic heterocycles. The lowest BCUT2D eigenvalue weighted by atomic mass is 9.70. The van der Waals surface area contributed by atoms with Gasteiger partial charge in [-0.25, -0.2) is 9.78 Å². The molecule has 1 amide bonds. The van der Waals surface area contributed by atoms with Crippen molar-refractivity contribution in [3.05, 3.63) is 101 Å². The Balaban J connectivity index is 1.06. The van der Waals surface area contributed by atoms with Crippen molar-refractivity contribution < 1.29 is 14.3 Å². The zero-order valence-electron chi connectivity index (χ0n) is 26.7. The van der Waals surface area contributed by atoms with Crippen LogP contribution in [0.15, 0.2) is 72.8 Å². The summed E-state index contributed by atoms with van der Waals surface area (Å²) in [6.07, 6.45) is 7.88. The fourth-order valence-electron chi connectivity index (χ4n) is 8.60. The maximum Gasteiger partial charge on any atom is 0.337 e. The van der Waals surface area contributed by atoms with Crippen molar-refractivity contribution in [3.63, 3.8) is 0 Å². The normalized spacial score (nSPS) is 22.9. The number of esters is 1. The molecule has 3 fully saturated rings. The van der Waals surface area contributed by atoms with Gasteiger partial charge in [0.2, 0.25) is 0 Å². The molecule has 3 aromatic carbocycles. The van der Waals surface area contributed by atoms with E-state index >= 15 is 0 Å². The van der Waals surface area contributed by atoms with E-state index in [1.807, 2.05) is 4.90 Å². The van der Waals surface area contributed by atoms with Crippen molar-refractivity contribution in [2.75, 3.05) is 26.7 Å². The van der Waals surface area contributed by atoms with Gasteiger partial charge >= 0.3 is 5.97 Å². The van der Waals surface area contributed by atoms with Crippen molar-refractivity contribution in [1.29, 1.82) is 0 Å². The summed E-state index contributed by atoms with van der Waals surface area (Å²) in [5, 5.41) is 0. The molecule has 45 heavy (non-hydrogen) atoms. The van der Waals surface area contributed by atoms with Crippen LogP contribution in [0.2, 0.25) is 0 Å². The van der Waals surface area contributed by atoms with Gasteiger partial charge in [-0.1, -0.05) is 48.0 Å². The minimum absolute atomic E-state index is 0.0132. The molecule has 0 spiro atoms. The molecule has 0 N–H and O–H groups in total. The molecule has 7 heteroatoms. The summed E-state index contributed by atoms with van der Waals surface area (Å²) in [7, 11) is 1.36. The Kier molecular flexibility index (Phi) is 7.98. The van der Waals surface area contributed by atoms with Crippen molar-refractivity contribution >= 4 is 22.9 Å². The minimum atomic E-state index is -0.423. The lowest BCUT2D eigenvalue weighted by Crippen LogP contribution is -2.49. The number of rotatable bonds is 7. The average Bonchev–Trinajstić information content (AvgIpc) is 3.53. The first kappa shape index (κ1) is 29.7. The number of carbonyl (C=O) groups excluding carboxylic acids is 2. The number of amides is 1. The van der Waals surface area contributed by atoms with Crippen molar-refractivity contribution in [3.8, 4) is 0 Å². The second-order valence-corrected chi connectivity index (χ2v) is 13.5. The van der Waals surface area contributed by atoms with Crippen molar-refractivity contribution in [2.24, 2.45) is 0 Å². The molecule has 3 aliphatic rings. The number of methoxy groups -OCH3 is 1. The van der Waals surface area contributed by atoms with Gasteiger partial charge in [0.05, 0.1) is 23.7 Å². The van der Waals surface area contributed by atoms with E-state index in [-0.39, 0.29) is 11.3 Å². The van der Waals surface area contributed by atoms with Crippen LogP contribution >= 0.6 is 0 Å². The molecule has 0 aliphatic carbocycles. The number of para-hydroxylation sites is 2. The number of fused-ring (bicyclic) bond motifs is 3. The average molecular weight is 605 g/mol. The Labute approximate surface area is 266 Å². The third-order valence-corrected chi connectivity index (χ3v) is 11.0. The first-order valence-corrected chi connectivity index (χ1v) is 16.6. The van der Waals surface area contributed by atoms with E-state index < -0.39 is 5.97 Å². The van der Waals surface area contributed by atoms with Crippen LogP contribution in [0.5, 0.6) is 0 Å². The second-order valence-electron chi connectivity index (χ2n) is 13.5. The largest absolute Gasteiger partial charge is 0.465 e. The van der Waals surface area contributed by atoms with Crippen molar-refractivity contribution in [1.82, 2.24) is 19.4 Å². The summed E-state index contributed by atoms with van der Waals surface area (Å²) in [6.45, 7) is 6.81. The van der Waals surface area contributed by atoms with Gasteiger partial charge in [-0.05, 0) is 107 Å². The monoisotopic (exact) mass is 604 g/mol.